The van der Waals surface area contributed by atoms with E-state index in [4.69, 9.17) is 4.74 Å². The number of ether oxygens (including phenoxy) is 1. The van der Waals surface area contributed by atoms with Gasteiger partial charge in [0.15, 0.2) is 0 Å². The summed E-state index contributed by atoms with van der Waals surface area (Å²) in [6.45, 7) is 1.41. The summed E-state index contributed by atoms with van der Waals surface area (Å²) < 4.78 is 5.14. The van der Waals surface area contributed by atoms with Crippen molar-refractivity contribution in [2.24, 2.45) is 0 Å². The van der Waals surface area contributed by atoms with Gasteiger partial charge in [-0.2, -0.15) is 0 Å². The van der Waals surface area contributed by atoms with Crippen molar-refractivity contribution in [2.75, 3.05) is 24.7 Å². The van der Waals surface area contributed by atoms with E-state index in [0.717, 1.165) is 11.3 Å². The van der Waals surface area contributed by atoms with Gasteiger partial charge in [0.1, 0.15) is 6.61 Å². The first-order valence-electron chi connectivity index (χ1n) is 6.38. The molecule has 0 aliphatic carbocycles. The molecule has 0 N–H and O–H groups in total. The number of benzene rings is 2. The summed E-state index contributed by atoms with van der Waals surface area (Å²) in [5.41, 5.74) is 3.28. The zero-order valence-electron chi connectivity index (χ0n) is 10.6. The number of hydrogen-bond donors (Lipinski definition) is 0. The number of hydrogen-bond acceptors (Lipinski definition) is 2. The van der Waals surface area contributed by atoms with Gasteiger partial charge in [0, 0.05) is 12.2 Å². The van der Waals surface area contributed by atoms with E-state index in [0.29, 0.717) is 13.2 Å². The second-order valence-corrected chi connectivity index (χ2v) is 4.51. The molecule has 1 amide bonds. The number of rotatable bonds is 2. The Morgan fingerprint density at radius 1 is 0.895 bits per heavy atom. The van der Waals surface area contributed by atoms with Crippen molar-refractivity contribution in [2.45, 2.75) is 0 Å². The Balaban J connectivity index is 1.85. The quantitative estimate of drug-likeness (QED) is 0.823. The molecule has 1 saturated heterocycles. The molecule has 0 spiro atoms. The highest BCUT2D eigenvalue weighted by molar-refractivity contribution is 5.95. The number of morpholine rings is 1. The highest BCUT2D eigenvalue weighted by Gasteiger charge is 2.19. The molecule has 19 heavy (non-hydrogen) atoms. The van der Waals surface area contributed by atoms with E-state index in [9.17, 15) is 4.79 Å². The molecule has 1 heterocycles. The molecule has 0 unspecified atom stereocenters. The van der Waals surface area contributed by atoms with Crippen molar-refractivity contribution in [3.05, 3.63) is 54.6 Å². The molecule has 0 atom stereocenters. The lowest BCUT2D eigenvalue weighted by atomic mass is 10.1. The van der Waals surface area contributed by atoms with Gasteiger partial charge in [-0.3, -0.25) is 4.79 Å². The number of amides is 1. The van der Waals surface area contributed by atoms with Crippen LogP contribution in [0.25, 0.3) is 11.1 Å². The van der Waals surface area contributed by atoms with E-state index in [1.807, 2.05) is 42.5 Å². The maximum absolute atomic E-state index is 11.8. The molecule has 1 aliphatic heterocycles. The van der Waals surface area contributed by atoms with Gasteiger partial charge in [0.2, 0.25) is 0 Å². The molecule has 0 aromatic heterocycles. The Morgan fingerprint density at radius 3 is 2.26 bits per heavy atom. The van der Waals surface area contributed by atoms with Gasteiger partial charge in [0.05, 0.1) is 6.61 Å². The van der Waals surface area contributed by atoms with E-state index < -0.39 is 0 Å². The smallest absolute Gasteiger partial charge is 0.253 e. The first kappa shape index (κ1) is 11.9. The molecule has 96 valence electrons. The minimum absolute atomic E-state index is 0.0266. The average Bonchev–Trinajstić information content (AvgIpc) is 2.49. The molecule has 2 aromatic carbocycles. The van der Waals surface area contributed by atoms with Crippen LogP contribution in [-0.4, -0.2) is 25.7 Å². The summed E-state index contributed by atoms with van der Waals surface area (Å²) in [6.07, 6.45) is 0. The lowest BCUT2D eigenvalue weighted by Gasteiger charge is -2.26. The highest BCUT2D eigenvalue weighted by Crippen LogP contribution is 2.23. The van der Waals surface area contributed by atoms with Crippen molar-refractivity contribution in [1.29, 1.82) is 0 Å². The fourth-order valence-corrected chi connectivity index (χ4v) is 2.26. The van der Waals surface area contributed by atoms with E-state index in [1.54, 1.807) is 4.90 Å². The van der Waals surface area contributed by atoms with Crippen LogP contribution in [0.2, 0.25) is 0 Å². The van der Waals surface area contributed by atoms with E-state index in [1.165, 1.54) is 5.56 Å². The number of anilines is 1. The van der Waals surface area contributed by atoms with Crippen molar-refractivity contribution < 1.29 is 9.53 Å². The minimum Gasteiger partial charge on any atom is -0.370 e. The minimum atomic E-state index is 0.0266. The van der Waals surface area contributed by atoms with Gasteiger partial charge >= 0.3 is 0 Å². The molecule has 3 rings (SSSR count). The van der Waals surface area contributed by atoms with Crippen molar-refractivity contribution in [3.8, 4) is 11.1 Å². The second-order valence-electron chi connectivity index (χ2n) is 4.51. The predicted molar refractivity (Wildman–Crippen MR) is 75.1 cm³/mol. The van der Waals surface area contributed by atoms with Gasteiger partial charge in [-0.15, -0.1) is 0 Å². The first-order chi connectivity index (χ1) is 9.34. The number of carbonyl (C=O) groups is 1. The van der Waals surface area contributed by atoms with Gasteiger partial charge in [-0.25, -0.2) is 0 Å². The monoisotopic (exact) mass is 253 g/mol. The Morgan fingerprint density at radius 2 is 1.58 bits per heavy atom. The Bertz CT molecular complexity index is 563. The second kappa shape index (κ2) is 5.24. The SMILES string of the molecule is O=C1COCCN1c1ccc(-c2ccccc2)cc1. The van der Waals surface area contributed by atoms with E-state index in [-0.39, 0.29) is 12.5 Å². The van der Waals surface area contributed by atoms with Crippen LogP contribution in [-0.2, 0) is 9.53 Å². The van der Waals surface area contributed by atoms with Crippen LogP contribution in [0.3, 0.4) is 0 Å². The van der Waals surface area contributed by atoms with Crippen LogP contribution in [0.5, 0.6) is 0 Å². The third-order valence-electron chi connectivity index (χ3n) is 3.27. The van der Waals surface area contributed by atoms with E-state index in [2.05, 4.69) is 12.1 Å². The molecular formula is C16H15NO2. The average molecular weight is 253 g/mol. The summed E-state index contributed by atoms with van der Waals surface area (Å²) in [6, 6.07) is 18.3. The van der Waals surface area contributed by atoms with Gasteiger partial charge in [-0.1, -0.05) is 42.5 Å². The highest BCUT2D eigenvalue weighted by atomic mass is 16.5. The Hall–Kier alpha value is -2.13. The first-order valence-corrected chi connectivity index (χ1v) is 6.38. The van der Waals surface area contributed by atoms with Crippen LogP contribution in [0.4, 0.5) is 5.69 Å². The molecule has 0 bridgehead atoms. The fourth-order valence-electron chi connectivity index (χ4n) is 2.26. The zero-order chi connectivity index (χ0) is 13.1. The van der Waals surface area contributed by atoms with Crippen LogP contribution in [0, 0.1) is 0 Å². The molecule has 3 nitrogen and oxygen atoms in total. The normalized spacial score (nSPS) is 15.6. The summed E-state index contributed by atoms with van der Waals surface area (Å²) in [5, 5.41) is 0. The van der Waals surface area contributed by atoms with Gasteiger partial charge in [0.25, 0.3) is 5.91 Å². The topological polar surface area (TPSA) is 29.5 Å². The van der Waals surface area contributed by atoms with Gasteiger partial charge < -0.3 is 9.64 Å². The van der Waals surface area contributed by atoms with Crippen molar-refractivity contribution in [1.82, 2.24) is 0 Å². The maximum atomic E-state index is 11.8. The molecule has 1 fully saturated rings. The lowest BCUT2D eigenvalue weighted by Crippen LogP contribution is -2.41. The van der Waals surface area contributed by atoms with Crippen LogP contribution >= 0.6 is 0 Å². The number of nitrogens with zero attached hydrogens (tertiary/aromatic N) is 1. The molecule has 3 heteroatoms. The van der Waals surface area contributed by atoms with Crippen LogP contribution < -0.4 is 4.90 Å². The zero-order valence-corrected chi connectivity index (χ0v) is 10.6. The molecule has 2 aromatic rings. The lowest BCUT2D eigenvalue weighted by molar-refractivity contribution is -0.125. The third kappa shape index (κ3) is 2.51. The molecule has 0 saturated carbocycles. The standard InChI is InChI=1S/C16H15NO2/c18-16-12-19-11-10-17(16)15-8-6-14(7-9-15)13-4-2-1-3-5-13/h1-9H,10-12H2. The number of carbonyl (C=O) groups excluding carboxylic acids is 1. The molecular weight excluding hydrogens is 238 g/mol. The van der Waals surface area contributed by atoms with Crippen LogP contribution in [0.1, 0.15) is 0 Å². The van der Waals surface area contributed by atoms with E-state index >= 15 is 0 Å². The van der Waals surface area contributed by atoms with Crippen molar-refractivity contribution in [3.63, 3.8) is 0 Å². The fraction of sp³-hybridized carbons (Fsp3) is 0.188. The third-order valence-corrected chi connectivity index (χ3v) is 3.27. The molecule has 1 aliphatic rings. The largest absolute Gasteiger partial charge is 0.370 e. The summed E-state index contributed by atoms with van der Waals surface area (Å²) in [5.74, 6) is 0.0266. The summed E-state index contributed by atoms with van der Waals surface area (Å²) >= 11 is 0. The Kier molecular flexibility index (Phi) is 3.29. The Labute approximate surface area is 112 Å². The van der Waals surface area contributed by atoms with Gasteiger partial charge in [-0.05, 0) is 23.3 Å². The molecule has 0 radical (unpaired) electrons. The van der Waals surface area contributed by atoms with Crippen molar-refractivity contribution >= 4 is 11.6 Å². The van der Waals surface area contributed by atoms with Crippen LogP contribution in [0.15, 0.2) is 54.6 Å². The maximum Gasteiger partial charge on any atom is 0.253 e. The summed E-state index contributed by atoms with van der Waals surface area (Å²) in [4.78, 5) is 13.5. The predicted octanol–water partition coefficient (Wildman–Crippen LogP) is 2.72. The summed E-state index contributed by atoms with van der Waals surface area (Å²) in [7, 11) is 0.